The number of benzene rings is 1. The van der Waals surface area contributed by atoms with E-state index >= 15 is 0 Å². The normalized spacial score (nSPS) is 20.2. The minimum absolute atomic E-state index is 0.144. The first-order valence-electron chi connectivity index (χ1n) is 8.55. The molecule has 0 bridgehead atoms. The third-order valence-electron chi connectivity index (χ3n) is 4.47. The topological polar surface area (TPSA) is 79.7 Å². The zero-order valence-electron chi connectivity index (χ0n) is 14.8. The predicted molar refractivity (Wildman–Crippen MR) is 99.1 cm³/mol. The summed E-state index contributed by atoms with van der Waals surface area (Å²) >= 11 is 1.44. The van der Waals surface area contributed by atoms with Crippen LogP contribution in [-0.4, -0.2) is 47.1 Å². The molecule has 1 N–H and O–H groups in total. The number of rotatable bonds is 5. The van der Waals surface area contributed by atoms with Crippen LogP contribution in [0.15, 0.2) is 30.3 Å². The molecule has 0 spiro atoms. The molecule has 0 aliphatic carbocycles. The maximum absolute atomic E-state index is 13.2. The second kappa shape index (κ2) is 7.97. The van der Waals surface area contributed by atoms with E-state index in [2.05, 4.69) is 4.98 Å². The summed E-state index contributed by atoms with van der Waals surface area (Å²) in [6, 6.07) is 9.65. The molecule has 2 atom stereocenters. The summed E-state index contributed by atoms with van der Waals surface area (Å²) in [5, 5.41) is 10.1. The molecular formula is C19H22N2O4S. The van der Waals surface area contributed by atoms with Crippen molar-refractivity contribution in [2.75, 3.05) is 20.2 Å². The molecule has 7 heteroatoms. The van der Waals surface area contributed by atoms with Gasteiger partial charge in [0.2, 0.25) is 0 Å². The number of likely N-dealkylation sites (tertiary alicyclic amines) is 1. The van der Waals surface area contributed by atoms with E-state index in [0.29, 0.717) is 25.3 Å². The van der Waals surface area contributed by atoms with Crippen molar-refractivity contribution in [1.29, 1.82) is 0 Å². The van der Waals surface area contributed by atoms with Crippen molar-refractivity contribution in [2.24, 2.45) is 11.8 Å². The van der Waals surface area contributed by atoms with E-state index < -0.39 is 11.9 Å². The van der Waals surface area contributed by atoms with Crippen molar-refractivity contribution in [1.82, 2.24) is 9.88 Å². The number of aliphatic carboxylic acids is 1. The second-order valence-corrected chi connectivity index (χ2v) is 7.75. The lowest BCUT2D eigenvalue weighted by molar-refractivity contribution is -0.143. The summed E-state index contributed by atoms with van der Waals surface area (Å²) in [5.74, 6) is -1.44. The van der Waals surface area contributed by atoms with Gasteiger partial charge in [0.15, 0.2) is 0 Å². The van der Waals surface area contributed by atoms with E-state index in [9.17, 15) is 14.7 Å². The van der Waals surface area contributed by atoms with Crippen LogP contribution in [0.25, 0.3) is 10.4 Å². The fraction of sp³-hybridized carbons (Fsp3) is 0.421. The smallest absolute Gasteiger partial charge is 0.308 e. The molecule has 6 nitrogen and oxygen atoms in total. The minimum Gasteiger partial charge on any atom is -0.481 e. The molecule has 3 rings (SSSR count). The molecule has 0 radical (unpaired) electrons. The van der Waals surface area contributed by atoms with E-state index in [-0.39, 0.29) is 18.4 Å². The van der Waals surface area contributed by atoms with Gasteiger partial charge in [-0.05, 0) is 17.9 Å². The van der Waals surface area contributed by atoms with E-state index in [1.165, 1.54) is 11.3 Å². The van der Waals surface area contributed by atoms with Crippen molar-refractivity contribution >= 4 is 23.2 Å². The molecule has 2 heterocycles. The molecule has 1 aromatic carbocycles. The largest absolute Gasteiger partial charge is 0.481 e. The van der Waals surface area contributed by atoms with Gasteiger partial charge in [-0.2, -0.15) is 0 Å². The Labute approximate surface area is 156 Å². The van der Waals surface area contributed by atoms with Crippen LogP contribution < -0.4 is 0 Å². The third-order valence-corrected chi connectivity index (χ3v) is 5.55. The number of aromatic nitrogens is 1. The molecule has 138 valence electrons. The Morgan fingerprint density at radius 1 is 1.31 bits per heavy atom. The zero-order chi connectivity index (χ0) is 18.7. The number of nitrogens with zero attached hydrogens (tertiary/aromatic N) is 2. The maximum atomic E-state index is 13.2. The summed E-state index contributed by atoms with van der Waals surface area (Å²) in [7, 11) is 1.59. The molecule has 0 saturated carbocycles. The van der Waals surface area contributed by atoms with Crippen LogP contribution in [0.2, 0.25) is 0 Å². The summed E-state index contributed by atoms with van der Waals surface area (Å²) in [5.41, 5.74) is 1.31. The monoisotopic (exact) mass is 374 g/mol. The lowest BCUT2D eigenvalue weighted by Crippen LogP contribution is -2.45. The Kier molecular flexibility index (Phi) is 5.68. The lowest BCUT2D eigenvalue weighted by Gasteiger charge is -2.34. The first kappa shape index (κ1) is 18.5. The average Bonchev–Trinajstić information content (AvgIpc) is 3.05. The number of carboxylic acids is 1. The predicted octanol–water partition coefficient (Wildman–Crippen LogP) is 3.14. The van der Waals surface area contributed by atoms with E-state index in [4.69, 9.17) is 4.74 Å². The van der Waals surface area contributed by atoms with Gasteiger partial charge in [0.05, 0.1) is 17.4 Å². The molecule has 2 unspecified atom stereocenters. The van der Waals surface area contributed by atoms with Crippen LogP contribution in [-0.2, 0) is 16.1 Å². The highest BCUT2D eigenvalue weighted by molar-refractivity contribution is 7.15. The number of ether oxygens (including phenoxy) is 1. The van der Waals surface area contributed by atoms with Crippen LogP contribution in [0.4, 0.5) is 0 Å². The van der Waals surface area contributed by atoms with Crippen LogP contribution in [0.1, 0.15) is 28.8 Å². The van der Waals surface area contributed by atoms with Crippen LogP contribution in [0.5, 0.6) is 0 Å². The highest BCUT2D eigenvalue weighted by atomic mass is 32.1. The number of carbonyl (C=O) groups is 2. The summed E-state index contributed by atoms with van der Waals surface area (Å²) in [6.07, 6.45) is 0.594. The first-order valence-corrected chi connectivity index (χ1v) is 9.37. The van der Waals surface area contributed by atoms with Crippen LogP contribution >= 0.6 is 11.3 Å². The highest BCUT2D eigenvalue weighted by Crippen LogP contribution is 2.33. The molecule has 1 amide bonds. The fourth-order valence-corrected chi connectivity index (χ4v) is 4.36. The highest BCUT2D eigenvalue weighted by Gasteiger charge is 2.34. The lowest BCUT2D eigenvalue weighted by atomic mass is 9.90. The van der Waals surface area contributed by atoms with Gasteiger partial charge in [-0.15, -0.1) is 11.3 Å². The number of carboxylic acid groups (broad SMARTS) is 1. The van der Waals surface area contributed by atoms with Gasteiger partial charge in [-0.25, -0.2) is 4.98 Å². The Hall–Kier alpha value is -2.25. The van der Waals surface area contributed by atoms with Crippen LogP contribution in [0.3, 0.4) is 0 Å². The Morgan fingerprint density at radius 3 is 2.69 bits per heavy atom. The van der Waals surface area contributed by atoms with Crippen molar-refractivity contribution in [3.8, 4) is 10.4 Å². The molecule has 1 aliphatic heterocycles. The number of thiazole rings is 1. The number of piperidine rings is 1. The van der Waals surface area contributed by atoms with Gasteiger partial charge in [-0.3, -0.25) is 9.59 Å². The van der Waals surface area contributed by atoms with Crippen molar-refractivity contribution < 1.29 is 19.4 Å². The molecule has 1 fully saturated rings. The van der Waals surface area contributed by atoms with Gasteiger partial charge < -0.3 is 14.7 Å². The fourth-order valence-electron chi connectivity index (χ4n) is 3.33. The molecule has 1 aliphatic rings. The van der Waals surface area contributed by atoms with Gasteiger partial charge in [-0.1, -0.05) is 37.3 Å². The summed E-state index contributed by atoms with van der Waals surface area (Å²) < 4.78 is 5.17. The third kappa shape index (κ3) is 3.94. The summed E-state index contributed by atoms with van der Waals surface area (Å²) in [6.45, 7) is 3.09. The average molecular weight is 374 g/mol. The van der Waals surface area contributed by atoms with Crippen LogP contribution in [0, 0.1) is 11.8 Å². The van der Waals surface area contributed by atoms with E-state index in [0.717, 1.165) is 15.4 Å². The van der Waals surface area contributed by atoms with Crippen molar-refractivity contribution in [2.45, 2.75) is 20.0 Å². The Morgan fingerprint density at radius 2 is 2.04 bits per heavy atom. The number of hydrogen-bond acceptors (Lipinski definition) is 5. The first-order chi connectivity index (χ1) is 12.5. The van der Waals surface area contributed by atoms with Gasteiger partial charge >= 0.3 is 5.97 Å². The SMILES string of the molecule is COCc1nc(C(=O)N2CC(C)CC(C(=O)O)C2)c(-c2ccccc2)s1. The van der Waals surface area contributed by atoms with Crippen molar-refractivity contribution in [3.63, 3.8) is 0 Å². The van der Waals surface area contributed by atoms with E-state index in [1.54, 1.807) is 12.0 Å². The minimum atomic E-state index is -0.851. The molecule has 1 saturated heterocycles. The van der Waals surface area contributed by atoms with Gasteiger partial charge in [0.25, 0.3) is 5.91 Å². The maximum Gasteiger partial charge on any atom is 0.308 e. The number of carbonyl (C=O) groups excluding carboxylic acids is 1. The van der Waals surface area contributed by atoms with Gasteiger partial charge in [0, 0.05) is 20.2 Å². The number of hydrogen-bond donors (Lipinski definition) is 1. The zero-order valence-corrected chi connectivity index (χ0v) is 15.7. The number of amides is 1. The summed E-state index contributed by atoms with van der Waals surface area (Å²) in [4.78, 5) is 31.5. The molecule has 26 heavy (non-hydrogen) atoms. The molecule has 2 aromatic rings. The molecule has 1 aromatic heterocycles. The van der Waals surface area contributed by atoms with E-state index in [1.807, 2.05) is 37.3 Å². The van der Waals surface area contributed by atoms with Gasteiger partial charge in [0.1, 0.15) is 10.7 Å². The Balaban J connectivity index is 1.94. The second-order valence-electron chi connectivity index (χ2n) is 6.67. The Bertz CT molecular complexity index is 790. The van der Waals surface area contributed by atoms with Crippen molar-refractivity contribution in [3.05, 3.63) is 41.0 Å². The standard InChI is InChI=1S/C19H22N2O4S/c1-12-8-14(19(23)24)10-21(9-12)18(22)16-17(13-6-4-3-5-7-13)26-15(20-16)11-25-2/h3-7,12,14H,8-11H2,1-2H3,(H,23,24). The molecular weight excluding hydrogens is 352 g/mol. The quantitative estimate of drug-likeness (QED) is 0.870. The number of methoxy groups -OCH3 is 1.